The molecular formula is C29H57N7O3. The fraction of sp³-hybridized carbons (Fsp3) is 0.931. The summed E-state index contributed by atoms with van der Waals surface area (Å²) in [5.41, 5.74) is -0.223. The molecule has 0 amide bonds. The molecule has 2 aliphatic carbocycles. The largest absolute Gasteiger partial charge is 0.481 e. The van der Waals surface area contributed by atoms with Gasteiger partial charge in [-0.2, -0.15) is 0 Å². The lowest BCUT2D eigenvalue weighted by Crippen LogP contribution is -2.78. The zero-order valence-corrected chi connectivity index (χ0v) is 25.3. The molecule has 0 aromatic carbocycles. The molecule has 1 saturated heterocycles. The molecule has 1 spiro atoms. The van der Waals surface area contributed by atoms with Crippen LogP contribution in [0.15, 0.2) is 0 Å². The molecule has 10 atom stereocenters. The second-order valence-electron chi connectivity index (χ2n) is 13.1. The summed E-state index contributed by atoms with van der Waals surface area (Å²) >= 11 is 0. The number of carboxylic acids is 1. The van der Waals surface area contributed by atoms with Gasteiger partial charge in [0.25, 0.3) is 0 Å². The molecule has 0 aromatic heterocycles. The van der Waals surface area contributed by atoms with Crippen molar-refractivity contribution in [2.45, 2.75) is 115 Å². The zero-order chi connectivity index (χ0) is 28.9. The molecule has 5 unspecified atom stereocenters. The van der Waals surface area contributed by atoms with E-state index in [-0.39, 0.29) is 47.8 Å². The van der Waals surface area contributed by atoms with Crippen molar-refractivity contribution in [2.24, 2.45) is 29.6 Å². The molecule has 8 N–H and O–H groups in total. The Morgan fingerprint density at radius 3 is 2.33 bits per heavy atom. The van der Waals surface area contributed by atoms with Crippen LogP contribution in [0, 0.1) is 35.0 Å². The molecule has 0 radical (unpaired) electrons. The van der Waals surface area contributed by atoms with Gasteiger partial charge >= 0.3 is 5.97 Å². The van der Waals surface area contributed by atoms with Gasteiger partial charge in [-0.15, -0.1) is 0 Å². The van der Waals surface area contributed by atoms with Crippen molar-refractivity contribution < 1.29 is 15.0 Å². The van der Waals surface area contributed by atoms with Crippen molar-refractivity contribution in [3.05, 3.63) is 0 Å². The van der Waals surface area contributed by atoms with E-state index in [0.29, 0.717) is 43.7 Å². The van der Waals surface area contributed by atoms with Gasteiger partial charge < -0.3 is 26.3 Å². The number of aliphatic hydroxyl groups excluding tert-OH is 1. The number of likely N-dealkylation sites (N-methyl/N-ethyl adjacent to an activating group) is 1. The summed E-state index contributed by atoms with van der Waals surface area (Å²) in [5, 5.41) is 47.3. The number of nitrogens with zero attached hydrogens (tertiary/aromatic N) is 1. The summed E-state index contributed by atoms with van der Waals surface area (Å²) in [6, 6.07) is 0.702. The maximum atomic E-state index is 11.8. The van der Waals surface area contributed by atoms with Gasteiger partial charge in [-0.1, -0.05) is 20.8 Å². The highest BCUT2D eigenvalue weighted by Crippen LogP contribution is 2.47. The summed E-state index contributed by atoms with van der Waals surface area (Å²) in [6.07, 6.45) is 6.05. The first-order chi connectivity index (χ1) is 18.5. The average Bonchev–Trinajstić information content (AvgIpc) is 3.82. The molecule has 1 heterocycles. The van der Waals surface area contributed by atoms with Gasteiger partial charge in [0.2, 0.25) is 0 Å². The minimum atomic E-state index is -0.707. The van der Waals surface area contributed by atoms with Crippen LogP contribution in [0.4, 0.5) is 0 Å². The van der Waals surface area contributed by atoms with Crippen molar-refractivity contribution in [1.29, 1.82) is 5.41 Å². The number of piperazine rings is 1. The lowest BCUT2D eigenvalue weighted by molar-refractivity contribution is -0.142. The lowest BCUT2D eigenvalue weighted by Gasteiger charge is -2.53. The van der Waals surface area contributed by atoms with E-state index in [1.807, 2.05) is 14.1 Å². The Labute approximate surface area is 236 Å². The third-order valence-electron chi connectivity index (χ3n) is 9.60. The van der Waals surface area contributed by atoms with Crippen LogP contribution in [0.25, 0.3) is 0 Å². The summed E-state index contributed by atoms with van der Waals surface area (Å²) in [6.45, 7) is 12.0. The van der Waals surface area contributed by atoms with Crippen LogP contribution in [0.1, 0.15) is 73.1 Å². The predicted octanol–water partition coefficient (Wildman–Crippen LogP) is 1.61. The maximum absolute atomic E-state index is 11.8. The molecule has 226 valence electrons. The van der Waals surface area contributed by atoms with E-state index in [2.05, 4.69) is 66.1 Å². The van der Waals surface area contributed by atoms with Crippen LogP contribution in [0.2, 0.25) is 0 Å². The van der Waals surface area contributed by atoms with Gasteiger partial charge in [-0.25, -0.2) is 0 Å². The molecule has 1 aliphatic heterocycles. The van der Waals surface area contributed by atoms with Gasteiger partial charge in [0.15, 0.2) is 0 Å². The molecular weight excluding hydrogens is 494 g/mol. The number of aliphatic hydroxyl groups is 1. The Morgan fingerprint density at radius 2 is 1.82 bits per heavy atom. The second-order valence-corrected chi connectivity index (χ2v) is 13.1. The number of hydrogen-bond donors (Lipinski definition) is 8. The van der Waals surface area contributed by atoms with E-state index in [1.165, 1.54) is 19.1 Å². The Morgan fingerprint density at radius 1 is 1.13 bits per heavy atom. The zero-order valence-electron chi connectivity index (χ0n) is 25.3. The highest BCUT2D eigenvalue weighted by atomic mass is 16.4. The summed E-state index contributed by atoms with van der Waals surface area (Å²) in [4.78, 5) is 14.0. The molecule has 3 aliphatic rings. The van der Waals surface area contributed by atoms with Crippen LogP contribution in [0.5, 0.6) is 0 Å². The Kier molecular flexibility index (Phi) is 11.8. The first-order valence-corrected chi connectivity index (χ1v) is 15.3. The summed E-state index contributed by atoms with van der Waals surface area (Å²) in [5.74, 6) is 0.316. The molecule has 3 fully saturated rings. The fourth-order valence-electron chi connectivity index (χ4n) is 6.55. The predicted molar refractivity (Wildman–Crippen MR) is 157 cm³/mol. The molecule has 10 heteroatoms. The normalized spacial score (nSPS) is 33.1. The van der Waals surface area contributed by atoms with Crippen LogP contribution in [-0.2, 0) is 4.79 Å². The highest BCUT2D eigenvalue weighted by molar-refractivity contribution is 5.69. The third kappa shape index (κ3) is 7.99. The smallest absolute Gasteiger partial charge is 0.306 e. The standard InChI is InChI=1S/C29H57N7O3/c1-17(2)12-22(27(38)39)9-8-18(3)15-33-25-26(37)36(20(5)21-10-11-21)28(29(35-25)13-24(29)32-7)34-16-23(14-30)19(4)31-6/h14,17-26,28,30-35,37H,8-13,15-16H2,1-7H3,(H,38,39)/t18-,19?,20?,22-,23?,24-,25+,26?,28+,29?/m0/s1. The van der Waals surface area contributed by atoms with E-state index in [1.54, 1.807) is 0 Å². The topological polar surface area (TPSA) is 145 Å². The number of hydrogen-bond acceptors (Lipinski definition) is 9. The number of aliphatic carboxylic acids is 1. The third-order valence-corrected chi connectivity index (χ3v) is 9.60. The van der Waals surface area contributed by atoms with Crippen LogP contribution in [-0.4, -0.2) is 96.7 Å². The van der Waals surface area contributed by atoms with Crippen molar-refractivity contribution >= 4 is 12.2 Å². The van der Waals surface area contributed by atoms with Crippen LogP contribution < -0.4 is 26.6 Å². The number of carboxylic acid groups (broad SMARTS) is 1. The number of nitrogens with one attached hydrogen (secondary N) is 6. The van der Waals surface area contributed by atoms with Gasteiger partial charge in [0.1, 0.15) is 6.23 Å². The van der Waals surface area contributed by atoms with Gasteiger partial charge in [-0.3, -0.25) is 25.6 Å². The molecule has 0 bridgehead atoms. The monoisotopic (exact) mass is 551 g/mol. The Bertz CT molecular complexity index is 797. The molecule has 39 heavy (non-hydrogen) atoms. The first kappa shape index (κ1) is 32.4. The minimum absolute atomic E-state index is 0.0519. The maximum Gasteiger partial charge on any atom is 0.306 e. The average molecular weight is 552 g/mol. The van der Waals surface area contributed by atoms with E-state index < -0.39 is 12.2 Å². The SMILES string of the molecule is CNC(C)C(C=N)CN[C@@H]1N(C(C)C2CC2)C(O)[C@H](NC[C@@H](C)CC[C@@H](CC(C)C)C(=O)O)NC12C[C@@H]2NC. The highest BCUT2D eigenvalue weighted by Gasteiger charge is 2.65. The van der Waals surface area contributed by atoms with Crippen LogP contribution in [0.3, 0.4) is 0 Å². The van der Waals surface area contributed by atoms with Gasteiger partial charge in [-0.05, 0) is 90.8 Å². The molecule has 3 rings (SSSR count). The van der Waals surface area contributed by atoms with Crippen molar-refractivity contribution in [1.82, 2.24) is 31.5 Å². The first-order valence-electron chi connectivity index (χ1n) is 15.3. The molecule has 10 nitrogen and oxygen atoms in total. The van der Waals surface area contributed by atoms with Crippen molar-refractivity contribution in [3.63, 3.8) is 0 Å². The quantitative estimate of drug-likeness (QED) is 0.119. The van der Waals surface area contributed by atoms with E-state index in [4.69, 9.17) is 5.41 Å². The number of rotatable bonds is 18. The van der Waals surface area contributed by atoms with Gasteiger partial charge in [0, 0.05) is 36.8 Å². The second kappa shape index (κ2) is 14.2. The van der Waals surface area contributed by atoms with Gasteiger partial charge in [0.05, 0.1) is 23.8 Å². The molecule has 0 aromatic rings. The lowest BCUT2D eigenvalue weighted by atomic mass is 9.90. The van der Waals surface area contributed by atoms with E-state index in [9.17, 15) is 15.0 Å². The number of carbonyl (C=O) groups is 1. The minimum Gasteiger partial charge on any atom is -0.481 e. The van der Waals surface area contributed by atoms with E-state index in [0.717, 1.165) is 12.8 Å². The summed E-state index contributed by atoms with van der Waals surface area (Å²) < 4.78 is 0. The van der Waals surface area contributed by atoms with Crippen molar-refractivity contribution in [3.8, 4) is 0 Å². The summed E-state index contributed by atoms with van der Waals surface area (Å²) in [7, 11) is 3.93. The Hall–Kier alpha value is -1.14. The Balaban J connectivity index is 1.70. The fourth-order valence-corrected chi connectivity index (χ4v) is 6.55. The molecule has 2 saturated carbocycles. The van der Waals surface area contributed by atoms with E-state index >= 15 is 0 Å². The van der Waals surface area contributed by atoms with Crippen molar-refractivity contribution in [2.75, 3.05) is 27.2 Å². The van der Waals surface area contributed by atoms with Crippen LogP contribution >= 0.6 is 0 Å².